The fourth-order valence-electron chi connectivity index (χ4n) is 1.74. The van der Waals surface area contributed by atoms with Gasteiger partial charge in [-0.1, -0.05) is 6.92 Å². The van der Waals surface area contributed by atoms with Gasteiger partial charge in [0.25, 0.3) is 0 Å². The second-order valence-electron chi connectivity index (χ2n) is 4.20. The van der Waals surface area contributed by atoms with Gasteiger partial charge in [0.15, 0.2) is 5.13 Å². The van der Waals surface area contributed by atoms with Gasteiger partial charge < -0.3 is 10.2 Å². The van der Waals surface area contributed by atoms with Crippen LogP contribution in [0.2, 0.25) is 0 Å². The molecule has 0 amide bonds. The van der Waals surface area contributed by atoms with Gasteiger partial charge in [0.2, 0.25) is 0 Å². The van der Waals surface area contributed by atoms with Gasteiger partial charge in [0.05, 0.1) is 0 Å². The Bertz CT molecular complexity index is 309. The number of hydrogen-bond acceptors (Lipinski definition) is 4. The van der Waals surface area contributed by atoms with Crippen LogP contribution in [-0.2, 0) is 0 Å². The molecule has 0 aliphatic rings. The Morgan fingerprint density at radius 2 is 2.06 bits per heavy atom. The molecular formula is C12H23N3S. The van der Waals surface area contributed by atoms with Crippen LogP contribution in [-0.4, -0.2) is 24.1 Å². The number of aromatic nitrogens is 1. The highest BCUT2D eigenvalue weighted by atomic mass is 32.1. The van der Waals surface area contributed by atoms with E-state index in [4.69, 9.17) is 0 Å². The predicted octanol–water partition coefficient (Wildman–Crippen LogP) is 3.05. The van der Waals surface area contributed by atoms with E-state index in [1.807, 2.05) is 6.20 Å². The maximum atomic E-state index is 4.52. The van der Waals surface area contributed by atoms with Crippen molar-refractivity contribution in [2.24, 2.45) is 0 Å². The molecule has 1 heterocycles. The number of anilines is 1. The van der Waals surface area contributed by atoms with Crippen molar-refractivity contribution in [1.29, 1.82) is 0 Å². The van der Waals surface area contributed by atoms with Gasteiger partial charge in [-0.3, -0.25) is 0 Å². The van der Waals surface area contributed by atoms with Crippen molar-refractivity contribution >= 4 is 16.5 Å². The normalized spacial score (nSPS) is 13.1. The second kappa shape index (κ2) is 6.21. The average Bonchev–Trinajstić information content (AvgIpc) is 2.68. The zero-order valence-electron chi connectivity index (χ0n) is 10.9. The van der Waals surface area contributed by atoms with Crippen LogP contribution in [0.15, 0.2) is 6.20 Å². The molecule has 4 heteroatoms. The van der Waals surface area contributed by atoms with Crippen molar-refractivity contribution < 1.29 is 0 Å². The molecule has 0 aromatic carbocycles. The molecule has 0 spiro atoms. The third kappa shape index (κ3) is 3.19. The molecule has 0 aliphatic carbocycles. The molecule has 1 atom stereocenters. The van der Waals surface area contributed by atoms with Gasteiger partial charge in [-0.25, -0.2) is 4.98 Å². The summed E-state index contributed by atoms with van der Waals surface area (Å²) in [5.41, 5.74) is 0. The number of nitrogens with zero attached hydrogens (tertiary/aromatic N) is 2. The third-order valence-electron chi connectivity index (χ3n) is 2.66. The molecular weight excluding hydrogens is 218 g/mol. The topological polar surface area (TPSA) is 28.2 Å². The molecule has 16 heavy (non-hydrogen) atoms. The van der Waals surface area contributed by atoms with E-state index in [1.54, 1.807) is 11.3 Å². The Labute approximate surface area is 103 Å². The maximum Gasteiger partial charge on any atom is 0.185 e. The lowest BCUT2D eigenvalue weighted by molar-refractivity contribution is 0.606. The van der Waals surface area contributed by atoms with Gasteiger partial charge >= 0.3 is 0 Å². The summed E-state index contributed by atoms with van der Waals surface area (Å²) in [5.74, 6) is 0. The van der Waals surface area contributed by atoms with Crippen LogP contribution in [0.4, 0.5) is 5.13 Å². The molecule has 3 nitrogen and oxygen atoms in total. The van der Waals surface area contributed by atoms with E-state index in [0.29, 0.717) is 12.1 Å². The molecule has 1 aromatic rings. The van der Waals surface area contributed by atoms with E-state index >= 15 is 0 Å². The molecule has 0 fully saturated rings. The highest BCUT2D eigenvalue weighted by Crippen LogP contribution is 2.28. The number of nitrogens with one attached hydrogen (secondary N) is 1. The molecule has 92 valence electrons. The lowest BCUT2D eigenvalue weighted by Gasteiger charge is -2.24. The molecule has 0 radical (unpaired) electrons. The van der Waals surface area contributed by atoms with Crippen LogP contribution in [0.5, 0.6) is 0 Å². The molecule has 1 aromatic heterocycles. The monoisotopic (exact) mass is 241 g/mol. The zero-order chi connectivity index (χ0) is 12.1. The van der Waals surface area contributed by atoms with Crippen molar-refractivity contribution in [2.75, 3.05) is 18.0 Å². The first-order valence-corrected chi connectivity index (χ1v) is 6.87. The van der Waals surface area contributed by atoms with E-state index in [2.05, 4.69) is 49.8 Å². The van der Waals surface area contributed by atoms with E-state index in [0.717, 1.165) is 18.2 Å². The Balaban J connectivity index is 2.77. The highest BCUT2D eigenvalue weighted by molar-refractivity contribution is 7.15. The van der Waals surface area contributed by atoms with E-state index in [1.165, 1.54) is 4.88 Å². The Hall–Kier alpha value is -0.610. The first-order chi connectivity index (χ1) is 7.60. The van der Waals surface area contributed by atoms with Crippen molar-refractivity contribution in [2.45, 2.75) is 46.7 Å². The van der Waals surface area contributed by atoms with Crippen LogP contribution in [0, 0.1) is 0 Å². The zero-order valence-corrected chi connectivity index (χ0v) is 11.8. The van der Waals surface area contributed by atoms with Gasteiger partial charge in [-0.2, -0.15) is 0 Å². The van der Waals surface area contributed by atoms with Crippen molar-refractivity contribution in [3.63, 3.8) is 0 Å². The van der Waals surface area contributed by atoms with E-state index in [9.17, 15) is 0 Å². The summed E-state index contributed by atoms with van der Waals surface area (Å²) < 4.78 is 0. The number of thiazole rings is 1. The second-order valence-corrected chi connectivity index (χ2v) is 5.25. The highest BCUT2D eigenvalue weighted by Gasteiger charge is 2.14. The summed E-state index contributed by atoms with van der Waals surface area (Å²) in [6, 6.07) is 0.917. The Morgan fingerprint density at radius 1 is 1.38 bits per heavy atom. The lowest BCUT2D eigenvalue weighted by atomic mass is 10.3. The largest absolute Gasteiger partial charge is 0.346 e. The molecule has 0 saturated carbocycles. The summed E-state index contributed by atoms with van der Waals surface area (Å²) in [5, 5.41) is 4.55. The smallest absolute Gasteiger partial charge is 0.185 e. The molecule has 0 bridgehead atoms. The van der Waals surface area contributed by atoms with Crippen LogP contribution >= 0.6 is 11.3 Å². The van der Waals surface area contributed by atoms with E-state index < -0.39 is 0 Å². The summed E-state index contributed by atoms with van der Waals surface area (Å²) >= 11 is 1.79. The summed E-state index contributed by atoms with van der Waals surface area (Å²) in [7, 11) is 0. The van der Waals surface area contributed by atoms with Crippen molar-refractivity contribution in [1.82, 2.24) is 10.3 Å². The summed E-state index contributed by atoms with van der Waals surface area (Å²) in [4.78, 5) is 8.16. The Morgan fingerprint density at radius 3 is 2.56 bits per heavy atom. The summed E-state index contributed by atoms with van der Waals surface area (Å²) in [6.07, 6.45) is 2.00. The minimum absolute atomic E-state index is 0.405. The van der Waals surface area contributed by atoms with Gasteiger partial charge in [-0.15, -0.1) is 11.3 Å². The van der Waals surface area contributed by atoms with Crippen LogP contribution < -0.4 is 10.2 Å². The predicted molar refractivity (Wildman–Crippen MR) is 72.4 cm³/mol. The third-order valence-corrected chi connectivity index (χ3v) is 3.88. The lowest BCUT2D eigenvalue weighted by Crippen LogP contribution is -2.30. The molecule has 0 aliphatic heterocycles. The average molecular weight is 241 g/mol. The van der Waals surface area contributed by atoms with E-state index in [-0.39, 0.29) is 0 Å². The van der Waals surface area contributed by atoms with Crippen molar-refractivity contribution in [3.05, 3.63) is 11.1 Å². The number of rotatable bonds is 6. The first kappa shape index (κ1) is 13.5. The van der Waals surface area contributed by atoms with Gasteiger partial charge in [-0.05, 0) is 34.2 Å². The minimum atomic E-state index is 0.405. The fourth-order valence-corrected chi connectivity index (χ4v) is 2.88. The SMILES string of the molecule is CCNC(C)c1cnc(N(CC)C(C)C)s1. The molecule has 1 rings (SSSR count). The van der Waals surface area contributed by atoms with Crippen LogP contribution in [0.3, 0.4) is 0 Å². The minimum Gasteiger partial charge on any atom is -0.346 e. The molecule has 1 N–H and O–H groups in total. The fraction of sp³-hybridized carbons (Fsp3) is 0.750. The maximum absolute atomic E-state index is 4.52. The van der Waals surface area contributed by atoms with Crippen molar-refractivity contribution in [3.8, 4) is 0 Å². The van der Waals surface area contributed by atoms with Gasteiger partial charge in [0.1, 0.15) is 0 Å². The first-order valence-electron chi connectivity index (χ1n) is 6.05. The Kier molecular flexibility index (Phi) is 5.22. The summed E-state index contributed by atoms with van der Waals surface area (Å²) in [6.45, 7) is 12.9. The van der Waals surface area contributed by atoms with Gasteiger partial charge in [0, 0.05) is 29.7 Å². The molecule has 1 unspecified atom stereocenters. The quantitative estimate of drug-likeness (QED) is 0.829. The number of hydrogen-bond donors (Lipinski definition) is 1. The van der Waals surface area contributed by atoms with Crippen LogP contribution in [0.25, 0.3) is 0 Å². The standard InChI is InChI=1S/C12H23N3S/c1-6-13-10(5)11-8-14-12(16-11)15(7-2)9(3)4/h8-10,13H,6-7H2,1-5H3. The van der Waals surface area contributed by atoms with Crippen LogP contribution in [0.1, 0.15) is 45.5 Å². The molecule has 0 saturated heterocycles.